The summed E-state index contributed by atoms with van der Waals surface area (Å²) in [7, 11) is 0. The lowest BCUT2D eigenvalue weighted by Crippen LogP contribution is -2.47. The van der Waals surface area contributed by atoms with Crippen LogP contribution in [-0.4, -0.2) is 52.8 Å². The van der Waals surface area contributed by atoms with E-state index in [0.717, 1.165) is 55.5 Å². The SMILES string of the molecule is CCC(O)CN1CCC(NC(=O)Nc2ccc3[nH]ccc3c2)CC1. The molecule has 1 fully saturated rings. The van der Waals surface area contributed by atoms with Gasteiger partial charge in [-0.15, -0.1) is 0 Å². The van der Waals surface area contributed by atoms with E-state index in [0.29, 0.717) is 0 Å². The molecule has 2 amide bonds. The van der Waals surface area contributed by atoms with Crippen LogP contribution in [0.4, 0.5) is 10.5 Å². The summed E-state index contributed by atoms with van der Waals surface area (Å²) in [5, 5.41) is 16.8. The zero-order chi connectivity index (χ0) is 16.9. The number of aromatic nitrogens is 1. The summed E-state index contributed by atoms with van der Waals surface area (Å²) >= 11 is 0. The van der Waals surface area contributed by atoms with Crippen molar-refractivity contribution in [1.29, 1.82) is 0 Å². The second kappa shape index (κ2) is 7.68. The molecule has 2 heterocycles. The highest BCUT2D eigenvalue weighted by Crippen LogP contribution is 2.18. The van der Waals surface area contributed by atoms with Crippen LogP contribution >= 0.6 is 0 Å². The van der Waals surface area contributed by atoms with Crippen LogP contribution in [0.2, 0.25) is 0 Å². The van der Waals surface area contributed by atoms with Crippen LogP contribution in [0.5, 0.6) is 0 Å². The van der Waals surface area contributed by atoms with Crippen molar-refractivity contribution in [3.8, 4) is 0 Å². The minimum absolute atomic E-state index is 0.156. The van der Waals surface area contributed by atoms with Crippen molar-refractivity contribution in [3.05, 3.63) is 30.5 Å². The van der Waals surface area contributed by atoms with Gasteiger partial charge in [0, 0.05) is 48.5 Å². The number of hydrogen-bond acceptors (Lipinski definition) is 3. The molecule has 1 atom stereocenters. The molecule has 130 valence electrons. The van der Waals surface area contributed by atoms with E-state index in [1.54, 1.807) is 0 Å². The second-order valence-electron chi connectivity index (χ2n) is 6.52. The Kier molecular flexibility index (Phi) is 5.37. The number of aliphatic hydroxyl groups excluding tert-OH is 1. The van der Waals surface area contributed by atoms with E-state index >= 15 is 0 Å². The van der Waals surface area contributed by atoms with Crippen LogP contribution in [0.3, 0.4) is 0 Å². The number of aliphatic hydroxyl groups is 1. The largest absolute Gasteiger partial charge is 0.392 e. The fraction of sp³-hybridized carbons (Fsp3) is 0.500. The Bertz CT molecular complexity index is 676. The normalized spacial score (nSPS) is 17.8. The molecule has 0 bridgehead atoms. The highest BCUT2D eigenvalue weighted by atomic mass is 16.3. The molecule has 0 radical (unpaired) electrons. The fourth-order valence-electron chi connectivity index (χ4n) is 3.17. The quantitative estimate of drug-likeness (QED) is 0.680. The number of nitrogens with one attached hydrogen (secondary N) is 3. The number of carbonyl (C=O) groups is 1. The van der Waals surface area contributed by atoms with Gasteiger partial charge in [-0.2, -0.15) is 0 Å². The predicted octanol–water partition coefficient (Wildman–Crippen LogP) is 2.52. The first-order chi connectivity index (χ1) is 11.6. The van der Waals surface area contributed by atoms with E-state index < -0.39 is 0 Å². The van der Waals surface area contributed by atoms with Gasteiger partial charge in [-0.1, -0.05) is 6.92 Å². The molecule has 1 aromatic heterocycles. The van der Waals surface area contributed by atoms with Crippen LogP contribution in [-0.2, 0) is 0 Å². The standard InChI is InChI=1S/C18H26N4O2/c1-2-16(23)12-22-9-6-14(7-10-22)20-18(24)21-15-3-4-17-13(11-15)5-8-19-17/h3-5,8,11,14,16,19,23H,2,6-7,9-10,12H2,1H3,(H2,20,21,24). The maximum Gasteiger partial charge on any atom is 0.319 e. The Morgan fingerprint density at radius 1 is 1.38 bits per heavy atom. The molecule has 1 aliphatic heterocycles. The van der Waals surface area contributed by atoms with Crippen molar-refractivity contribution in [2.24, 2.45) is 0 Å². The molecule has 4 N–H and O–H groups in total. The van der Waals surface area contributed by atoms with Crippen LogP contribution in [0.1, 0.15) is 26.2 Å². The molecule has 1 unspecified atom stereocenters. The summed E-state index contributed by atoms with van der Waals surface area (Å²) in [6.45, 7) is 4.55. The molecule has 2 aromatic rings. The van der Waals surface area contributed by atoms with Crippen molar-refractivity contribution >= 4 is 22.6 Å². The van der Waals surface area contributed by atoms with Crippen molar-refractivity contribution in [1.82, 2.24) is 15.2 Å². The molecule has 0 saturated carbocycles. The van der Waals surface area contributed by atoms with Gasteiger partial charge in [-0.3, -0.25) is 0 Å². The molecule has 1 saturated heterocycles. The lowest BCUT2D eigenvalue weighted by molar-refractivity contribution is 0.0925. The van der Waals surface area contributed by atoms with Crippen LogP contribution < -0.4 is 10.6 Å². The molecular weight excluding hydrogens is 304 g/mol. The number of aromatic amines is 1. The lowest BCUT2D eigenvalue weighted by Gasteiger charge is -2.33. The number of carbonyl (C=O) groups excluding carboxylic acids is 1. The van der Waals surface area contributed by atoms with Crippen LogP contribution in [0.25, 0.3) is 10.9 Å². The Labute approximate surface area is 142 Å². The molecule has 1 aliphatic rings. The minimum atomic E-state index is -0.249. The Morgan fingerprint density at radius 2 is 2.17 bits per heavy atom. The monoisotopic (exact) mass is 330 g/mol. The van der Waals surface area contributed by atoms with Gasteiger partial charge >= 0.3 is 6.03 Å². The maximum atomic E-state index is 12.2. The number of fused-ring (bicyclic) bond motifs is 1. The highest BCUT2D eigenvalue weighted by molar-refractivity contribution is 5.92. The maximum absolute atomic E-state index is 12.2. The number of likely N-dealkylation sites (tertiary alicyclic amines) is 1. The number of β-amino-alcohol motifs (C(OH)–C–C–N with tert-alkyl or cyclic N) is 1. The average molecular weight is 330 g/mol. The van der Waals surface area contributed by atoms with E-state index in [2.05, 4.69) is 20.5 Å². The van der Waals surface area contributed by atoms with Crippen molar-refractivity contribution in [2.75, 3.05) is 25.0 Å². The van der Waals surface area contributed by atoms with Crippen molar-refractivity contribution in [2.45, 2.75) is 38.3 Å². The van der Waals surface area contributed by atoms with Crippen molar-refractivity contribution in [3.63, 3.8) is 0 Å². The third-order valence-corrected chi connectivity index (χ3v) is 4.67. The highest BCUT2D eigenvalue weighted by Gasteiger charge is 2.21. The number of anilines is 1. The molecule has 0 aliphatic carbocycles. The van der Waals surface area contributed by atoms with Crippen molar-refractivity contribution < 1.29 is 9.90 Å². The first-order valence-electron chi connectivity index (χ1n) is 8.69. The predicted molar refractivity (Wildman–Crippen MR) is 96.2 cm³/mol. The second-order valence-corrected chi connectivity index (χ2v) is 6.52. The van der Waals surface area contributed by atoms with E-state index in [9.17, 15) is 9.90 Å². The lowest BCUT2D eigenvalue weighted by atomic mass is 10.0. The smallest absolute Gasteiger partial charge is 0.319 e. The van der Waals surface area contributed by atoms with Crippen LogP contribution in [0, 0.1) is 0 Å². The van der Waals surface area contributed by atoms with Gasteiger partial charge in [0.15, 0.2) is 0 Å². The third kappa shape index (κ3) is 4.27. The molecule has 24 heavy (non-hydrogen) atoms. The molecule has 6 nitrogen and oxygen atoms in total. The number of H-pyrrole nitrogens is 1. The third-order valence-electron chi connectivity index (χ3n) is 4.67. The fourth-order valence-corrected chi connectivity index (χ4v) is 3.17. The van der Waals surface area contributed by atoms with Gasteiger partial charge in [0.1, 0.15) is 0 Å². The minimum Gasteiger partial charge on any atom is -0.392 e. The van der Waals surface area contributed by atoms with Gasteiger partial charge < -0.3 is 25.6 Å². The van der Waals surface area contributed by atoms with Crippen LogP contribution in [0.15, 0.2) is 30.5 Å². The summed E-state index contributed by atoms with van der Waals surface area (Å²) in [4.78, 5) is 17.6. The zero-order valence-electron chi connectivity index (χ0n) is 14.1. The van der Waals surface area contributed by atoms with E-state index in [4.69, 9.17) is 0 Å². The number of urea groups is 1. The van der Waals surface area contributed by atoms with E-state index in [1.165, 1.54) is 0 Å². The number of hydrogen-bond donors (Lipinski definition) is 4. The molecular formula is C18H26N4O2. The first kappa shape index (κ1) is 16.8. The van der Waals surface area contributed by atoms with Gasteiger partial charge in [-0.25, -0.2) is 4.79 Å². The molecule has 0 spiro atoms. The number of benzene rings is 1. The number of rotatable bonds is 5. The average Bonchev–Trinajstić information content (AvgIpc) is 3.04. The molecule has 3 rings (SSSR count). The molecule has 1 aromatic carbocycles. The first-order valence-corrected chi connectivity index (χ1v) is 8.69. The Hall–Kier alpha value is -2.05. The van der Waals surface area contributed by atoms with E-state index in [1.807, 2.05) is 37.4 Å². The van der Waals surface area contributed by atoms with E-state index in [-0.39, 0.29) is 18.2 Å². The Morgan fingerprint density at radius 3 is 2.92 bits per heavy atom. The molecule has 6 heteroatoms. The summed E-state index contributed by atoms with van der Waals surface area (Å²) < 4.78 is 0. The zero-order valence-corrected chi connectivity index (χ0v) is 14.1. The summed E-state index contributed by atoms with van der Waals surface area (Å²) in [5.74, 6) is 0. The van der Waals surface area contributed by atoms with Gasteiger partial charge in [-0.05, 0) is 43.5 Å². The number of nitrogens with zero attached hydrogens (tertiary/aromatic N) is 1. The van der Waals surface area contributed by atoms with Gasteiger partial charge in [0.25, 0.3) is 0 Å². The summed E-state index contributed by atoms with van der Waals surface area (Å²) in [6, 6.07) is 7.84. The summed E-state index contributed by atoms with van der Waals surface area (Å²) in [5.41, 5.74) is 1.85. The number of piperidine rings is 1. The van der Waals surface area contributed by atoms with Gasteiger partial charge in [0.2, 0.25) is 0 Å². The number of amides is 2. The Balaban J connectivity index is 1.45. The van der Waals surface area contributed by atoms with Gasteiger partial charge in [0.05, 0.1) is 6.10 Å². The summed E-state index contributed by atoms with van der Waals surface area (Å²) in [6.07, 6.45) is 4.26. The topological polar surface area (TPSA) is 80.4 Å².